The van der Waals surface area contributed by atoms with Gasteiger partial charge in [-0.1, -0.05) is 20.8 Å². The molecule has 0 aromatic carbocycles. The molecule has 2 rings (SSSR count). The van der Waals surface area contributed by atoms with Crippen molar-refractivity contribution in [1.82, 2.24) is 14.8 Å². The average Bonchev–Trinajstić information content (AvgIpc) is 2.68. The lowest BCUT2D eigenvalue weighted by Crippen LogP contribution is -2.40. The van der Waals surface area contributed by atoms with Crippen LogP contribution in [0.4, 0.5) is 0 Å². The Kier molecular flexibility index (Phi) is 3.81. The number of nitrogens with one attached hydrogen (secondary N) is 1. The highest BCUT2D eigenvalue weighted by atomic mass is 16.5. The van der Waals surface area contributed by atoms with Crippen LogP contribution in [-0.2, 0) is 10.2 Å². The molecule has 0 amide bonds. The largest absolute Gasteiger partial charge is 0.394 e. The monoisotopic (exact) mass is 285 g/mol. The Morgan fingerprint density at radius 3 is 2.60 bits per heavy atom. The van der Waals surface area contributed by atoms with Crippen LogP contribution in [0.2, 0.25) is 0 Å². The van der Waals surface area contributed by atoms with E-state index in [1.807, 2.05) is 0 Å². The molecule has 0 aliphatic carbocycles. The number of aliphatic hydroxyl groups excluding tert-OH is 2. The second-order valence-electron chi connectivity index (χ2n) is 5.92. The first-order chi connectivity index (χ1) is 9.24. The fourth-order valence-corrected chi connectivity index (χ4v) is 2.13. The Labute approximate surface area is 115 Å². The van der Waals surface area contributed by atoms with Gasteiger partial charge in [0.05, 0.1) is 12.7 Å². The van der Waals surface area contributed by atoms with Crippen LogP contribution in [0.5, 0.6) is 0 Å². The Balaban J connectivity index is 2.43. The zero-order chi connectivity index (χ0) is 15.1. The quantitative estimate of drug-likeness (QED) is 0.633. The fraction of sp³-hybridized carbons (Fsp3) is 0.750. The first kappa shape index (κ1) is 14.9. The van der Waals surface area contributed by atoms with E-state index in [1.165, 1.54) is 0 Å². The van der Waals surface area contributed by atoms with E-state index in [0.717, 1.165) is 4.68 Å². The second-order valence-corrected chi connectivity index (χ2v) is 5.92. The van der Waals surface area contributed by atoms with Crippen molar-refractivity contribution in [2.45, 2.75) is 51.0 Å². The normalized spacial score (nSPS) is 26.9. The Morgan fingerprint density at radius 2 is 2.10 bits per heavy atom. The zero-order valence-electron chi connectivity index (χ0n) is 11.7. The minimum Gasteiger partial charge on any atom is -0.394 e. The Hall–Kier alpha value is -1.51. The third kappa shape index (κ3) is 2.67. The smallest absolute Gasteiger partial charge is 0.347 e. The molecule has 20 heavy (non-hydrogen) atoms. The van der Waals surface area contributed by atoms with Gasteiger partial charge >= 0.3 is 5.69 Å². The summed E-state index contributed by atoms with van der Waals surface area (Å²) >= 11 is 0. The van der Waals surface area contributed by atoms with E-state index in [4.69, 9.17) is 9.84 Å². The predicted octanol–water partition coefficient (Wildman–Crippen LogP) is -1.13. The minimum absolute atomic E-state index is 0.133. The third-order valence-electron chi connectivity index (χ3n) is 3.22. The van der Waals surface area contributed by atoms with Gasteiger partial charge in [-0.15, -0.1) is 0 Å². The molecule has 1 fully saturated rings. The molecular formula is C12H19N3O5. The fourth-order valence-electron chi connectivity index (χ4n) is 2.13. The number of aliphatic hydroxyl groups is 2. The van der Waals surface area contributed by atoms with Crippen molar-refractivity contribution in [2.24, 2.45) is 0 Å². The third-order valence-corrected chi connectivity index (χ3v) is 3.22. The number of ether oxygens (including phenoxy) is 1. The molecule has 0 saturated carbocycles. The van der Waals surface area contributed by atoms with Crippen molar-refractivity contribution < 1.29 is 14.9 Å². The lowest BCUT2D eigenvalue weighted by Gasteiger charge is -2.19. The van der Waals surface area contributed by atoms with Crippen LogP contribution in [0.25, 0.3) is 0 Å². The Morgan fingerprint density at radius 1 is 1.45 bits per heavy atom. The summed E-state index contributed by atoms with van der Waals surface area (Å²) in [6.07, 6.45) is -2.29. The van der Waals surface area contributed by atoms with Crippen molar-refractivity contribution in [3.05, 3.63) is 26.5 Å². The molecule has 2 heterocycles. The predicted molar refractivity (Wildman–Crippen MR) is 69.4 cm³/mol. The van der Waals surface area contributed by atoms with Gasteiger partial charge in [-0.3, -0.25) is 9.78 Å². The molecule has 0 spiro atoms. The second kappa shape index (κ2) is 5.12. The number of nitrogens with zero attached hydrogens (tertiary/aromatic N) is 2. The van der Waals surface area contributed by atoms with Gasteiger partial charge < -0.3 is 14.9 Å². The van der Waals surface area contributed by atoms with Gasteiger partial charge in [0, 0.05) is 11.8 Å². The molecule has 8 heteroatoms. The van der Waals surface area contributed by atoms with Crippen LogP contribution in [0.15, 0.2) is 9.59 Å². The SMILES string of the molecule is CC(C)(C)c1nn([C@H]2C[C@H](O)[C@@H](CO)O2)c(=O)[nH]c1=O. The van der Waals surface area contributed by atoms with Crippen LogP contribution >= 0.6 is 0 Å². The van der Waals surface area contributed by atoms with Gasteiger partial charge in [0.15, 0.2) is 6.23 Å². The number of hydrogen-bond donors (Lipinski definition) is 3. The molecule has 0 unspecified atom stereocenters. The van der Waals surface area contributed by atoms with Crippen molar-refractivity contribution in [1.29, 1.82) is 0 Å². The maximum atomic E-state index is 11.8. The van der Waals surface area contributed by atoms with Gasteiger partial charge in [-0.05, 0) is 0 Å². The number of aromatic amines is 1. The lowest BCUT2D eigenvalue weighted by atomic mass is 9.93. The molecule has 1 aliphatic rings. The number of rotatable bonds is 2. The minimum atomic E-state index is -0.872. The van der Waals surface area contributed by atoms with Gasteiger partial charge in [0.1, 0.15) is 11.8 Å². The van der Waals surface area contributed by atoms with Crippen molar-refractivity contribution in [3.8, 4) is 0 Å². The summed E-state index contributed by atoms with van der Waals surface area (Å²) in [5, 5.41) is 22.8. The summed E-state index contributed by atoms with van der Waals surface area (Å²) in [7, 11) is 0. The average molecular weight is 285 g/mol. The van der Waals surface area contributed by atoms with E-state index >= 15 is 0 Å². The summed E-state index contributed by atoms with van der Waals surface area (Å²) in [5.74, 6) is 0. The maximum absolute atomic E-state index is 11.8. The maximum Gasteiger partial charge on any atom is 0.347 e. The van der Waals surface area contributed by atoms with E-state index in [2.05, 4.69) is 10.1 Å². The van der Waals surface area contributed by atoms with E-state index in [0.29, 0.717) is 0 Å². The first-order valence-electron chi connectivity index (χ1n) is 6.42. The molecule has 1 aromatic heterocycles. The van der Waals surface area contributed by atoms with Crippen molar-refractivity contribution >= 4 is 0 Å². The van der Waals surface area contributed by atoms with Gasteiger partial charge in [0.25, 0.3) is 5.56 Å². The highest BCUT2D eigenvalue weighted by Crippen LogP contribution is 2.27. The van der Waals surface area contributed by atoms with Crippen LogP contribution in [0.1, 0.15) is 39.1 Å². The van der Waals surface area contributed by atoms with E-state index in [9.17, 15) is 14.7 Å². The van der Waals surface area contributed by atoms with Crippen LogP contribution in [0, 0.1) is 0 Å². The van der Waals surface area contributed by atoms with E-state index in [1.54, 1.807) is 20.8 Å². The van der Waals surface area contributed by atoms with Crippen LogP contribution in [0.3, 0.4) is 0 Å². The molecule has 3 atom stereocenters. The topological polar surface area (TPSA) is 117 Å². The molecule has 0 bridgehead atoms. The zero-order valence-corrected chi connectivity index (χ0v) is 11.7. The first-order valence-corrected chi connectivity index (χ1v) is 6.42. The van der Waals surface area contributed by atoms with Gasteiger partial charge in [-0.25, -0.2) is 4.79 Å². The Bertz CT molecular complexity index is 600. The summed E-state index contributed by atoms with van der Waals surface area (Å²) in [6.45, 7) is 5.07. The van der Waals surface area contributed by atoms with Crippen LogP contribution < -0.4 is 11.2 Å². The number of hydrogen-bond acceptors (Lipinski definition) is 6. The van der Waals surface area contributed by atoms with Crippen molar-refractivity contribution in [2.75, 3.05) is 6.61 Å². The van der Waals surface area contributed by atoms with Crippen LogP contribution in [-0.4, -0.2) is 43.8 Å². The number of aromatic nitrogens is 3. The highest BCUT2D eigenvalue weighted by Gasteiger charge is 2.36. The molecule has 1 aromatic rings. The molecular weight excluding hydrogens is 266 g/mol. The lowest BCUT2D eigenvalue weighted by molar-refractivity contribution is -0.0510. The number of H-pyrrole nitrogens is 1. The molecule has 1 saturated heterocycles. The molecule has 0 radical (unpaired) electrons. The molecule has 3 N–H and O–H groups in total. The standard InChI is InChI=1S/C12H19N3O5/c1-12(2,3)9-10(18)13-11(19)15(14-9)8-4-6(17)7(5-16)20-8/h6-8,16-17H,4-5H2,1-3H3,(H,13,18,19)/t6-,7+,8+/m0/s1. The molecule has 112 valence electrons. The van der Waals surface area contributed by atoms with Gasteiger partial charge in [-0.2, -0.15) is 9.78 Å². The highest BCUT2D eigenvalue weighted by molar-refractivity contribution is 5.06. The molecule has 8 nitrogen and oxygen atoms in total. The summed E-state index contributed by atoms with van der Waals surface area (Å²) < 4.78 is 6.39. The molecule has 1 aliphatic heterocycles. The summed E-state index contributed by atoms with van der Waals surface area (Å²) in [6, 6.07) is 0. The van der Waals surface area contributed by atoms with E-state index in [-0.39, 0.29) is 18.7 Å². The van der Waals surface area contributed by atoms with Crippen molar-refractivity contribution in [3.63, 3.8) is 0 Å². The van der Waals surface area contributed by atoms with E-state index < -0.39 is 35.1 Å². The summed E-state index contributed by atoms with van der Waals surface area (Å²) in [5.41, 5.74) is -1.55. The summed E-state index contributed by atoms with van der Waals surface area (Å²) in [4.78, 5) is 25.8. The van der Waals surface area contributed by atoms with Gasteiger partial charge in [0.2, 0.25) is 0 Å².